The predicted octanol–water partition coefficient (Wildman–Crippen LogP) is 2.93. The fourth-order valence-electron chi connectivity index (χ4n) is 1.96. The number of non-ortho nitro benzene ring substituents is 1. The summed E-state index contributed by atoms with van der Waals surface area (Å²) >= 11 is 0. The van der Waals surface area contributed by atoms with Gasteiger partial charge in [0.1, 0.15) is 11.6 Å². The van der Waals surface area contributed by atoms with Crippen LogP contribution in [0.3, 0.4) is 0 Å². The highest BCUT2D eigenvalue weighted by Gasteiger charge is 2.11. The van der Waals surface area contributed by atoms with Crippen molar-refractivity contribution in [1.29, 1.82) is 0 Å². The maximum Gasteiger partial charge on any atom is 0.272 e. The van der Waals surface area contributed by atoms with Crippen LogP contribution in [0.5, 0.6) is 0 Å². The van der Waals surface area contributed by atoms with Gasteiger partial charge in [-0.3, -0.25) is 10.1 Å². The van der Waals surface area contributed by atoms with Crippen LogP contribution in [0, 0.1) is 15.9 Å². The van der Waals surface area contributed by atoms with Gasteiger partial charge >= 0.3 is 0 Å². The Balaban J connectivity index is 2.27. The van der Waals surface area contributed by atoms with Crippen molar-refractivity contribution in [3.8, 4) is 0 Å². The number of halogens is 1. The van der Waals surface area contributed by atoms with Crippen LogP contribution in [0.4, 0.5) is 10.1 Å². The number of aromatic nitrogens is 2. The zero-order chi connectivity index (χ0) is 13.8. The molecule has 0 aliphatic carbocycles. The number of aryl methyl sites for hydroxylation is 1. The minimum absolute atomic E-state index is 0.229. The maximum atomic E-state index is 13.3. The van der Waals surface area contributed by atoms with Crippen molar-refractivity contribution >= 4 is 5.69 Å². The summed E-state index contributed by atoms with van der Waals surface area (Å²) in [7, 11) is 0. The van der Waals surface area contributed by atoms with Gasteiger partial charge in [-0.25, -0.2) is 9.37 Å². The summed E-state index contributed by atoms with van der Waals surface area (Å²) in [6, 6.07) is 3.62. The highest BCUT2D eigenvalue weighted by atomic mass is 19.1. The van der Waals surface area contributed by atoms with Gasteiger partial charge in [0.2, 0.25) is 0 Å². The second-order valence-corrected chi connectivity index (χ2v) is 4.30. The van der Waals surface area contributed by atoms with Crippen molar-refractivity contribution in [1.82, 2.24) is 9.55 Å². The Hall–Kier alpha value is -2.24. The lowest BCUT2D eigenvalue weighted by molar-refractivity contribution is -0.385. The van der Waals surface area contributed by atoms with Gasteiger partial charge in [0.15, 0.2) is 0 Å². The highest BCUT2D eigenvalue weighted by molar-refractivity contribution is 5.35. The van der Waals surface area contributed by atoms with Crippen molar-refractivity contribution in [2.45, 2.75) is 26.3 Å². The zero-order valence-electron chi connectivity index (χ0n) is 10.5. The van der Waals surface area contributed by atoms with Crippen LogP contribution in [-0.2, 0) is 13.0 Å². The molecule has 19 heavy (non-hydrogen) atoms. The average molecular weight is 263 g/mol. The molecule has 0 aliphatic rings. The van der Waals surface area contributed by atoms with E-state index >= 15 is 0 Å². The van der Waals surface area contributed by atoms with Crippen molar-refractivity contribution in [3.63, 3.8) is 0 Å². The van der Waals surface area contributed by atoms with E-state index in [1.54, 1.807) is 12.4 Å². The van der Waals surface area contributed by atoms with Crippen LogP contribution in [0.1, 0.15) is 24.7 Å². The molecule has 1 aromatic heterocycles. The van der Waals surface area contributed by atoms with Gasteiger partial charge in [-0.2, -0.15) is 0 Å². The standard InChI is InChI=1S/C13H14FN3O2/c1-2-3-13-15-4-5-16(13)9-10-6-11(14)8-12(7-10)17(18)19/h4-8H,2-3,9H2,1H3. The highest BCUT2D eigenvalue weighted by Crippen LogP contribution is 2.17. The summed E-state index contributed by atoms with van der Waals surface area (Å²) in [4.78, 5) is 14.3. The van der Waals surface area contributed by atoms with Gasteiger partial charge < -0.3 is 4.57 Å². The molecule has 0 unspecified atom stereocenters. The number of nitrogens with zero attached hydrogens (tertiary/aromatic N) is 3. The smallest absolute Gasteiger partial charge is 0.272 e. The van der Waals surface area contributed by atoms with Crippen molar-refractivity contribution in [2.24, 2.45) is 0 Å². The van der Waals surface area contributed by atoms with Crippen molar-refractivity contribution < 1.29 is 9.31 Å². The lowest BCUT2D eigenvalue weighted by Crippen LogP contribution is -2.05. The summed E-state index contributed by atoms with van der Waals surface area (Å²) < 4.78 is 15.2. The Labute approximate surface area is 109 Å². The van der Waals surface area contributed by atoms with Crippen LogP contribution in [0.15, 0.2) is 30.6 Å². The summed E-state index contributed by atoms with van der Waals surface area (Å²) in [6.45, 7) is 2.43. The largest absolute Gasteiger partial charge is 0.331 e. The van der Waals surface area contributed by atoms with E-state index in [2.05, 4.69) is 4.98 Å². The Morgan fingerprint density at radius 3 is 2.89 bits per heavy atom. The van der Waals surface area contributed by atoms with E-state index in [-0.39, 0.29) is 5.69 Å². The van der Waals surface area contributed by atoms with Gasteiger partial charge in [-0.1, -0.05) is 6.92 Å². The number of imidazole rings is 1. The monoisotopic (exact) mass is 263 g/mol. The first-order chi connectivity index (χ1) is 9.10. The molecule has 0 spiro atoms. The SMILES string of the molecule is CCCc1nccn1Cc1cc(F)cc([N+](=O)[O-])c1. The van der Waals surface area contributed by atoms with Crippen LogP contribution in [0.25, 0.3) is 0 Å². The first kappa shape index (κ1) is 13.2. The Morgan fingerprint density at radius 2 is 2.21 bits per heavy atom. The zero-order valence-corrected chi connectivity index (χ0v) is 10.5. The molecule has 0 fully saturated rings. The third kappa shape index (κ3) is 3.15. The summed E-state index contributed by atoms with van der Waals surface area (Å²) in [5, 5.41) is 10.7. The molecule has 100 valence electrons. The van der Waals surface area contributed by atoms with Crippen LogP contribution >= 0.6 is 0 Å². The van der Waals surface area contributed by atoms with E-state index < -0.39 is 10.7 Å². The molecule has 0 atom stereocenters. The van der Waals surface area contributed by atoms with E-state index in [1.807, 2.05) is 11.5 Å². The third-order valence-electron chi connectivity index (χ3n) is 2.78. The molecule has 2 aromatic rings. The van der Waals surface area contributed by atoms with Gasteiger partial charge in [0.05, 0.1) is 11.0 Å². The molecule has 1 aromatic carbocycles. The van der Waals surface area contributed by atoms with Crippen LogP contribution < -0.4 is 0 Å². The molecule has 0 saturated heterocycles. The number of nitro benzene ring substituents is 1. The summed E-state index contributed by atoms with van der Waals surface area (Å²) in [5.74, 6) is 0.302. The van der Waals surface area contributed by atoms with Crippen molar-refractivity contribution in [3.05, 3.63) is 57.9 Å². The summed E-state index contributed by atoms with van der Waals surface area (Å²) in [5.41, 5.74) is 0.328. The topological polar surface area (TPSA) is 61.0 Å². The van der Waals surface area contributed by atoms with Gasteiger partial charge in [0.25, 0.3) is 5.69 Å². The lowest BCUT2D eigenvalue weighted by atomic mass is 10.2. The van der Waals surface area contributed by atoms with Gasteiger partial charge in [-0.05, 0) is 18.1 Å². The maximum absolute atomic E-state index is 13.3. The number of hydrogen-bond donors (Lipinski definition) is 0. The predicted molar refractivity (Wildman–Crippen MR) is 68.4 cm³/mol. The van der Waals surface area contributed by atoms with Crippen LogP contribution in [-0.4, -0.2) is 14.5 Å². The molecule has 0 radical (unpaired) electrons. The number of benzene rings is 1. The van der Waals surface area contributed by atoms with Gasteiger partial charge in [0, 0.05) is 31.4 Å². The molecule has 2 rings (SSSR count). The first-order valence-electron chi connectivity index (χ1n) is 6.04. The Bertz CT molecular complexity index is 595. The molecular weight excluding hydrogens is 249 g/mol. The van der Waals surface area contributed by atoms with Gasteiger partial charge in [-0.15, -0.1) is 0 Å². The average Bonchev–Trinajstić information content (AvgIpc) is 2.76. The molecule has 0 saturated carbocycles. The number of rotatable bonds is 5. The third-order valence-corrected chi connectivity index (χ3v) is 2.78. The first-order valence-corrected chi connectivity index (χ1v) is 6.04. The Kier molecular flexibility index (Phi) is 3.89. The van der Waals surface area contributed by atoms with E-state index in [4.69, 9.17) is 0 Å². The molecule has 0 aliphatic heterocycles. The Morgan fingerprint density at radius 1 is 1.42 bits per heavy atom. The molecular formula is C13H14FN3O2. The van der Waals surface area contributed by atoms with Crippen molar-refractivity contribution in [2.75, 3.05) is 0 Å². The minimum atomic E-state index is -0.596. The lowest BCUT2D eigenvalue weighted by Gasteiger charge is -2.07. The fraction of sp³-hybridized carbons (Fsp3) is 0.308. The van der Waals surface area contributed by atoms with Crippen LogP contribution in [0.2, 0.25) is 0 Å². The molecule has 0 amide bonds. The second kappa shape index (κ2) is 5.60. The van der Waals surface area contributed by atoms with E-state index in [1.165, 1.54) is 12.1 Å². The molecule has 0 bridgehead atoms. The second-order valence-electron chi connectivity index (χ2n) is 4.30. The normalized spacial score (nSPS) is 10.6. The molecule has 1 heterocycles. The quantitative estimate of drug-likeness (QED) is 0.615. The fourth-order valence-corrected chi connectivity index (χ4v) is 1.96. The minimum Gasteiger partial charge on any atom is -0.331 e. The number of hydrogen-bond acceptors (Lipinski definition) is 3. The van der Waals surface area contributed by atoms with E-state index in [9.17, 15) is 14.5 Å². The molecule has 6 heteroatoms. The van der Waals surface area contributed by atoms with E-state index in [0.717, 1.165) is 24.7 Å². The number of nitro groups is 1. The summed E-state index contributed by atoms with van der Waals surface area (Å²) in [6.07, 6.45) is 5.26. The molecule has 0 N–H and O–H groups in total. The van der Waals surface area contributed by atoms with E-state index in [0.29, 0.717) is 12.1 Å². The molecule has 5 nitrogen and oxygen atoms in total.